The highest BCUT2D eigenvalue weighted by atomic mass is 32.2. The van der Waals surface area contributed by atoms with Crippen molar-refractivity contribution in [2.45, 2.75) is 10.7 Å². The van der Waals surface area contributed by atoms with Gasteiger partial charge in [0.05, 0.1) is 5.75 Å². The number of rotatable bonds is 3. The number of hydrogen-bond donors (Lipinski definition) is 1. The first-order chi connectivity index (χ1) is 4.21. The van der Waals surface area contributed by atoms with Crippen molar-refractivity contribution in [3.05, 3.63) is 0 Å². The second-order valence-electron chi connectivity index (χ2n) is 3.60. The fraction of sp³-hybridized carbons (Fsp3) is 1.00. The Hall–Kier alpha value is 0.561. The Morgan fingerprint density at radius 1 is 1.30 bits per heavy atom. The van der Waals surface area contributed by atoms with Crippen molar-refractivity contribution in [2.24, 2.45) is 0 Å². The minimum absolute atomic E-state index is 0.0382. The van der Waals surface area contributed by atoms with E-state index in [0.717, 1.165) is 30.7 Å². The smallest absolute Gasteiger partial charge is 0.264 e. The molecule has 0 spiro atoms. The van der Waals surface area contributed by atoms with Gasteiger partial charge >= 0.3 is 0 Å². The zero-order chi connectivity index (χ0) is 8.41. The van der Waals surface area contributed by atoms with Crippen LogP contribution in [0.4, 0.5) is 0 Å². The first-order valence-corrected chi connectivity index (χ1v) is 7.77. The summed E-state index contributed by atoms with van der Waals surface area (Å²) in [6.45, 7) is 0. The molecule has 0 fully saturated rings. The lowest BCUT2D eigenvalue weighted by molar-refractivity contribution is 0.481. The van der Waals surface area contributed by atoms with Crippen LogP contribution in [0, 0.1) is 0 Å². The van der Waals surface area contributed by atoms with Gasteiger partial charge in [0.2, 0.25) is 0 Å². The van der Waals surface area contributed by atoms with Gasteiger partial charge in [-0.1, -0.05) is 4.28 Å². The average molecular weight is 214 g/mol. The Morgan fingerprint density at radius 3 is 1.80 bits per heavy atom. The zero-order valence-corrected chi connectivity index (χ0v) is 13.4. The summed E-state index contributed by atoms with van der Waals surface area (Å²) in [5, 5.41) is 0. The summed E-state index contributed by atoms with van der Waals surface area (Å²) in [7, 11) is -0.483. The maximum absolute atomic E-state index is 10.3. The molecule has 0 aromatic heterocycles. The Morgan fingerprint density at radius 2 is 1.70 bits per heavy atom. The molecule has 0 aromatic carbocycles. The number of hydrogen-bond acceptors (Lipinski definition) is 2. The molecule has 0 aliphatic heterocycles. The van der Waals surface area contributed by atoms with Gasteiger partial charge in [-0.3, -0.25) is 4.55 Å². The Kier molecular flexibility index (Phi) is 3.49. The summed E-state index contributed by atoms with van der Waals surface area (Å²) in [5.74, 6) is -0.0382. The van der Waals surface area contributed by atoms with Crippen molar-refractivity contribution in [1.82, 2.24) is 0 Å². The lowest BCUT2D eigenvalue weighted by Crippen LogP contribution is -2.18. The Labute approximate surface area is 70.6 Å². The van der Waals surface area contributed by atoms with Gasteiger partial charge in [-0.2, -0.15) is 8.42 Å². The predicted molar refractivity (Wildman–Crippen MR) is 53.5 cm³/mol. The molecule has 0 saturated heterocycles. The Balaban J connectivity index is 3.79. The first-order valence-electron chi connectivity index (χ1n) is 3.16. The van der Waals surface area contributed by atoms with Crippen molar-refractivity contribution in [3.8, 4) is 0 Å². The standard InChI is InChI=1S/C3H14O3SSi3/c4-7(5,6)2-1-3(8,9)10/h1-2H2,8-10H3,(H,4,5,6). The van der Waals surface area contributed by atoms with E-state index in [2.05, 4.69) is 0 Å². The fourth-order valence-electron chi connectivity index (χ4n) is 0.435. The maximum atomic E-state index is 10.3. The van der Waals surface area contributed by atoms with E-state index in [1.54, 1.807) is 0 Å². The lowest BCUT2D eigenvalue weighted by Gasteiger charge is -2.15. The quantitative estimate of drug-likeness (QED) is 0.391. The summed E-state index contributed by atoms with van der Waals surface area (Å²) >= 11 is 0. The van der Waals surface area contributed by atoms with E-state index in [1.165, 1.54) is 0 Å². The van der Waals surface area contributed by atoms with Crippen molar-refractivity contribution >= 4 is 40.8 Å². The van der Waals surface area contributed by atoms with E-state index in [1.807, 2.05) is 0 Å². The second-order valence-corrected chi connectivity index (χ2v) is 19.3. The third-order valence-corrected chi connectivity index (χ3v) is 3.33. The van der Waals surface area contributed by atoms with Crippen LogP contribution < -0.4 is 0 Å². The van der Waals surface area contributed by atoms with E-state index in [9.17, 15) is 8.42 Å². The van der Waals surface area contributed by atoms with Crippen LogP contribution in [0.1, 0.15) is 6.42 Å². The molecule has 7 heteroatoms. The van der Waals surface area contributed by atoms with Crippen LogP contribution in [0.5, 0.6) is 0 Å². The first kappa shape index (κ1) is 10.6. The van der Waals surface area contributed by atoms with E-state index < -0.39 is 10.1 Å². The van der Waals surface area contributed by atoms with Crippen molar-refractivity contribution < 1.29 is 13.0 Å². The highest BCUT2D eigenvalue weighted by Crippen LogP contribution is 2.14. The fourth-order valence-corrected chi connectivity index (χ4v) is 3.14. The third-order valence-electron chi connectivity index (χ3n) is 1.11. The van der Waals surface area contributed by atoms with Crippen molar-refractivity contribution in [3.63, 3.8) is 0 Å². The van der Waals surface area contributed by atoms with Gasteiger partial charge in [-0.15, -0.1) is 0 Å². The second kappa shape index (κ2) is 3.30. The summed E-state index contributed by atoms with van der Waals surface area (Å²) in [6.07, 6.45) is 0.677. The molecule has 0 bridgehead atoms. The van der Waals surface area contributed by atoms with Crippen LogP contribution in [-0.2, 0) is 10.1 Å². The van der Waals surface area contributed by atoms with Gasteiger partial charge in [0.1, 0.15) is 0 Å². The van der Waals surface area contributed by atoms with Gasteiger partial charge in [-0.05, 0) is 6.42 Å². The molecule has 0 unspecified atom stereocenters. The maximum Gasteiger partial charge on any atom is 0.264 e. The third kappa shape index (κ3) is 8.56. The molecule has 0 aliphatic carbocycles. The van der Waals surface area contributed by atoms with Gasteiger partial charge in [0, 0.05) is 30.7 Å². The van der Waals surface area contributed by atoms with E-state index in [0.29, 0.717) is 10.7 Å². The molecule has 1 N–H and O–H groups in total. The van der Waals surface area contributed by atoms with Gasteiger partial charge < -0.3 is 0 Å². The highest BCUT2D eigenvalue weighted by molar-refractivity contribution is 7.85. The molecule has 0 saturated carbocycles. The summed E-state index contributed by atoms with van der Waals surface area (Å²) in [5.41, 5.74) is 0. The molecule has 0 radical (unpaired) electrons. The van der Waals surface area contributed by atoms with E-state index in [4.69, 9.17) is 4.55 Å². The summed E-state index contributed by atoms with van der Waals surface area (Å²) in [4.78, 5) is 0. The van der Waals surface area contributed by atoms with Crippen molar-refractivity contribution in [2.75, 3.05) is 5.75 Å². The molecule has 62 valence electrons. The molecular weight excluding hydrogens is 200 g/mol. The molecular formula is C3H14O3SSi3. The summed E-state index contributed by atoms with van der Waals surface area (Å²) in [6, 6.07) is 0. The molecule has 3 nitrogen and oxygen atoms in total. The van der Waals surface area contributed by atoms with E-state index >= 15 is 0 Å². The normalized spacial score (nSPS) is 19.3. The lowest BCUT2D eigenvalue weighted by atomic mass is 10.5. The molecule has 10 heavy (non-hydrogen) atoms. The monoisotopic (exact) mass is 214 g/mol. The SMILES string of the molecule is O=S(=O)(O)CCC([SiH3])([SiH3])[SiH3]. The van der Waals surface area contributed by atoms with Gasteiger partial charge in [0.25, 0.3) is 10.1 Å². The molecule has 0 aliphatic rings. The topological polar surface area (TPSA) is 54.4 Å². The predicted octanol–water partition coefficient (Wildman–Crippen LogP) is -3.57. The van der Waals surface area contributed by atoms with E-state index in [-0.39, 0.29) is 5.75 Å². The molecule has 0 aromatic rings. The molecule has 0 rings (SSSR count). The minimum Gasteiger partial charge on any atom is -0.286 e. The largest absolute Gasteiger partial charge is 0.286 e. The van der Waals surface area contributed by atoms with Crippen LogP contribution in [0.3, 0.4) is 0 Å². The molecule has 0 amide bonds. The van der Waals surface area contributed by atoms with Crippen LogP contribution in [0.2, 0.25) is 4.28 Å². The van der Waals surface area contributed by atoms with Crippen LogP contribution in [-0.4, -0.2) is 49.5 Å². The Bertz CT molecular complexity index is 192. The van der Waals surface area contributed by atoms with Gasteiger partial charge in [-0.25, -0.2) is 0 Å². The summed E-state index contributed by atoms with van der Waals surface area (Å²) < 4.78 is 29.3. The zero-order valence-electron chi connectivity index (χ0n) is 6.59. The van der Waals surface area contributed by atoms with Crippen LogP contribution in [0.25, 0.3) is 0 Å². The van der Waals surface area contributed by atoms with Gasteiger partial charge in [0.15, 0.2) is 0 Å². The highest BCUT2D eigenvalue weighted by Gasteiger charge is 2.14. The van der Waals surface area contributed by atoms with Crippen molar-refractivity contribution in [1.29, 1.82) is 0 Å². The average Bonchev–Trinajstić information content (AvgIpc) is 1.57. The van der Waals surface area contributed by atoms with Crippen LogP contribution >= 0.6 is 0 Å². The van der Waals surface area contributed by atoms with Crippen LogP contribution in [0.15, 0.2) is 0 Å². The molecule has 0 atom stereocenters. The minimum atomic E-state index is -3.69. The molecule has 0 heterocycles.